The smallest absolute Gasteiger partial charge is 0.225 e. The van der Waals surface area contributed by atoms with Gasteiger partial charge in [-0.15, -0.1) is 0 Å². The van der Waals surface area contributed by atoms with Crippen molar-refractivity contribution in [3.8, 4) is 0 Å². The molecular weight excluding hydrogens is 276 g/mol. The van der Waals surface area contributed by atoms with Crippen LogP contribution in [0.15, 0.2) is 18.5 Å². The molecule has 5 heteroatoms. The number of likely N-dealkylation sites (tertiary alicyclic amines) is 1. The minimum absolute atomic E-state index is 0.0703. The van der Waals surface area contributed by atoms with E-state index in [0.717, 1.165) is 31.4 Å². The predicted octanol–water partition coefficient (Wildman–Crippen LogP) is 1.95. The molecule has 120 valence electrons. The first kappa shape index (κ1) is 14.4. The monoisotopic (exact) mass is 302 g/mol. The third-order valence-electron chi connectivity index (χ3n) is 5.44. The highest BCUT2D eigenvalue weighted by Crippen LogP contribution is 2.38. The molecule has 0 unspecified atom stereocenters. The fourth-order valence-electron chi connectivity index (χ4n) is 4.00. The van der Waals surface area contributed by atoms with Crippen LogP contribution in [0.5, 0.6) is 0 Å². The Kier molecular flexibility index (Phi) is 3.78. The normalized spacial score (nSPS) is 32.5. The van der Waals surface area contributed by atoms with Crippen LogP contribution in [-0.2, 0) is 4.74 Å². The maximum absolute atomic E-state index is 6.33. The van der Waals surface area contributed by atoms with Crippen LogP contribution < -0.4 is 4.90 Å². The number of nitrogens with zero attached hydrogens (tertiary/aromatic N) is 4. The van der Waals surface area contributed by atoms with Crippen LogP contribution in [0.2, 0.25) is 0 Å². The Labute approximate surface area is 132 Å². The third kappa shape index (κ3) is 2.97. The summed E-state index contributed by atoms with van der Waals surface area (Å²) in [5.41, 5.74) is 0.0703. The highest BCUT2D eigenvalue weighted by molar-refractivity contribution is 5.30. The zero-order chi connectivity index (χ0) is 15.0. The molecule has 2 saturated heterocycles. The molecule has 1 spiro atoms. The molecule has 0 aromatic carbocycles. The molecule has 3 fully saturated rings. The summed E-state index contributed by atoms with van der Waals surface area (Å²) < 4.78 is 6.33. The number of rotatable bonds is 4. The molecule has 1 aromatic rings. The topological polar surface area (TPSA) is 41.5 Å². The Morgan fingerprint density at radius 3 is 2.95 bits per heavy atom. The lowest BCUT2D eigenvalue weighted by atomic mass is 9.88. The Bertz CT molecular complexity index is 507. The first-order chi connectivity index (χ1) is 10.7. The highest BCUT2D eigenvalue weighted by atomic mass is 16.5. The zero-order valence-corrected chi connectivity index (χ0v) is 13.4. The molecule has 3 aliphatic rings. The maximum atomic E-state index is 6.33. The lowest BCUT2D eigenvalue weighted by Gasteiger charge is -2.40. The molecule has 1 aromatic heterocycles. The van der Waals surface area contributed by atoms with Gasteiger partial charge in [-0.3, -0.25) is 0 Å². The van der Waals surface area contributed by atoms with E-state index in [1.807, 2.05) is 18.5 Å². The molecule has 0 bridgehead atoms. The van der Waals surface area contributed by atoms with Crippen molar-refractivity contribution in [2.45, 2.75) is 43.7 Å². The Hall–Kier alpha value is -1.20. The second-order valence-electron chi connectivity index (χ2n) is 7.29. The van der Waals surface area contributed by atoms with E-state index >= 15 is 0 Å². The maximum Gasteiger partial charge on any atom is 0.225 e. The van der Waals surface area contributed by atoms with E-state index in [9.17, 15) is 0 Å². The fourth-order valence-corrected chi connectivity index (χ4v) is 4.00. The van der Waals surface area contributed by atoms with Gasteiger partial charge in [-0.25, -0.2) is 9.97 Å². The first-order valence-corrected chi connectivity index (χ1v) is 8.60. The number of hydrogen-bond donors (Lipinski definition) is 0. The summed E-state index contributed by atoms with van der Waals surface area (Å²) in [5.74, 6) is 1.77. The van der Waals surface area contributed by atoms with E-state index in [1.165, 1.54) is 38.8 Å². The molecule has 4 rings (SSSR count). The number of piperidine rings is 1. The van der Waals surface area contributed by atoms with Gasteiger partial charge in [0.15, 0.2) is 0 Å². The van der Waals surface area contributed by atoms with Crippen LogP contribution in [0.3, 0.4) is 0 Å². The summed E-state index contributed by atoms with van der Waals surface area (Å²) >= 11 is 0. The van der Waals surface area contributed by atoms with Gasteiger partial charge >= 0.3 is 0 Å². The van der Waals surface area contributed by atoms with E-state index in [1.54, 1.807) is 0 Å². The van der Waals surface area contributed by atoms with Crippen molar-refractivity contribution >= 4 is 5.95 Å². The summed E-state index contributed by atoms with van der Waals surface area (Å²) in [4.78, 5) is 13.6. The van der Waals surface area contributed by atoms with E-state index in [2.05, 4.69) is 26.8 Å². The van der Waals surface area contributed by atoms with Crippen LogP contribution in [0.1, 0.15) is 32.1 Å². The minimum Gasteiger partial charge on any atom is -0.371 e. The zero-order valence-electron chi connectivity index (χ0n) is 13.4. The average molecular weight is 302 g/mol. The van der Waals surface area contributed by atoms with Crippen molar-refractivity contribution in [1.29, 1.82) is 0 Å². The number of aromatic nitrogens is 2. The average Bonchev–Trinajstić information content (AvgIpc) is 3.27. The summed E-state index contributed by atoms with van der Waals surface area (Å²) in [6, 6.07) is 2.25. The Morgan fingerprint density at radius 2 is 2.18 bits per heavy atom. The van der Waals surface area contributed by atoms with E-state index in [-0.39, 0.29) is 5.60 Å². The molecular formula is C17H26N4O. The standard InChI is InChI=1S/C17H26N4O/c1-20(16-18-7-3-8-19-16)15-10-17(22-12-15)6-2-9-21(13-17)11-14-4-5-14/h3,7-8,14-15H,2,4-6,9-13H2,1H3/t15-,17+/m1/s1. The second kappa shape index (κ2) is 5.78. The van der Waals surface area contributed by atoms with E-state index in [0.29, 0.717) is 6.04 Å². The summed E-state index contributed by atoms with van der Waals surface area (Å²) in [7, 11) is 2.09. The lowest BCUT2D eigenvalue weighted by Crippen LogP contribution is -2.49. The molecule has 0 N–H and O–H groups in total. The van der Waals surface area contributed by atoms with Gasteiger partial charge in [-0.2, -0.15) is 0 Å². The largest absolute Gasteiger partial charge is 0.371 e. The van der Waals surface area contributed by atoms with Crippen molar-refractivity contribution in [3.63, 3.8) is 0 Å². The Balaban J connectivity index is 1.40. The molecule has 5 nitrogen and oxygen atoms in total. The molecule has 2 atom stereocenters. The molecule has 22 heavy (non-hydrogen) atoms. The second-order valence-corrected chi connectivity index (χ2v) is 7.29. The van der Waals surface area contributed by atoms with Gasteiger partial charge in [-0.1, -0.05) is 0 Å². The SMILES string of the molecule is CN(c1ncccn1)[C@H]1CO[C@@]2(CCCN(CC3CC3)C2)C1. The Morgan fingerprint density at radius 1 is 1.36 bits per heavy atom. The lowest BCUT2D eigenvalue weighted by molar-refractivity contribution is -0.0521. The summed E-state index contributed by atoms with van der Waals surface area (Å²) in [6.07, 6.45) is 10.1. The molecule has 2 aliphatic heterocycles. The minimum atomic E-state index is 0.0703. The molecule has 1 aliphatic carbocycles. The van der Waals surface area contributed by atoms with Crippen molar-refractivity contribution in [2.24, 2.45) is 5.92 Å². The number of likely N-dealkylation sites (N-methyl/N-ethyl adjacent to an activating group) is 1. The summed E-state index contributed by atoms with van der Waals surface area (Å²) in [5, 5.41) is 0. The molecule has 0 amide bonds. The highest BCUT2D eigenvalue weighted by Gasteiger charge is 2.45. The van der Waals surface area contributed by atoms with Gasteiger partial charge in [0.2, 0.25) is 5.95 Å². The number of ether oxygens (including phenoxy) is 1. The van der Waals surface area contributed by atoms with E-state index in [4.69, 9.17) is 4.74 Å². The molecule has 1 saturated carbocycles. The predicted molar refractivity (Wildman–Crippen MR) is 85.9 cm³/mol. The summed E-state index contributed by atoms with van der Waals surface area (Å²) in [6.45, 7) is 4.45. The van der Waals surface area contributed by atoms with Crippen molar-refractivity contribution in [2.75, 3.05) is 38.2 Å². The van der Waals surface area contributed by atoms with Crippen molar-refractivity contribution in [3.05, 3.63) is 18.5 Å². The van der Waals surface area contributed by atoms with Gasteiger partial charge in [-0.05, 0) is 44.2 Å². The number of anilines is 1. The van der Waals surface area contributed by atoms with Gasteiger partial charge in [0.25, 0.3) is 0 Å². The van der Waals surface area contributed by atoms with Crippen LogP contribution in [0, 0.1) is 5.92 Å². The fraction of sp³-hybridized carbons (Fsp3) is 0.765. The van der Waals surface area contributed by atoms with Gasteiger partial charge < -0.3 is 14.5 Å². The van der Waals surface area contributed by atoms with Crippen LogP contribution in [-0.4, -0.2) is 59.8 Å². The van der Waals surface area contributed by atoms with Crippen LogP contribution in [0.4, 0.5) is 5.95 Å². The van der Waals surface area contributed by atoms with Gasteiger partial charge in [0.1, 0.15) is 0 Å². The molecule has 3 heterocycles. The van der Waals surface area contributed by atoms with Crippen molar-refractivity contribution in [1.82, 2.24) is 14.9 Å². The van der Waals surface area contributed by atoms with Crippen LogP contribution in [0.25, 0.3) is 0 Å². The van der Waals surface area contributed by atoms with E-state index < -0.39 is 0 Å². The van der Waals surface area contributed by atoms with Crippen molar-refractivity contribution < 1.29 is 4.74 Å². The first-order valence-electron chi connectivity index (χ1n) is 8.60. The molecule has 0 radical (unpaired) electrons. The van der Waals surface area contributed by atoms with Crippen LogP contribution >= 0.6 is 0 Å². The van der Waals surface area contributed by atoms with Gasteiger partial charge in [0, 0.05) is 39.0 Å². The number of hydrogen-bond acceptors (Lipinski definition) is 5. The van der Waals surface area contributed by atoms with Gasteiger partial charge in [0.05, 0.1) is 18.2 Å². The third-order valence-corrected chi connectivity index (χ3v) is 5.44. The quantitative estimate of drug-likeness (QED) is 0.850.